The maximum Gasteiger partial charge on any atom is 0.128 e. The van der Waals surface area contributed by atoms with E-state index in [0.29, 0.717) is 10.6 Å². The second kappa shape index (κ2) is 6.45. The van der Waals surface area contributed by atoms with E-state index in [0.717, 1.165) is 43.8 Å². The molecule has 1 aromatic rings. The second-order valence-corrected chi connectivity index (χ2v) is 7.75. The number of ether oxygens (including phenoxy) is 1. The van der Waals surface area contributed by atoms with E-state index in [2.05, 4.69) is 0 Å². The van der Waals surface area contributed by atoms with Crippen LogP contribution in [0.3, 0.4) is 0 Å². The van der Waals surface area contributed by atoms with Gasteiger partial charge >= 0.3 is 0 Å². The van der Waals surface area contributed by atoms with E-state index in [1.54, 1.807) is 12.1 Å². The van der Waals surface area contributed by atoms with Gasteiger partial charge in [0.05, 0.1) is 5.60 Å². The summed E-state index contributed by atoms with van der Waals surface area (Å²) >= 11 is 7.98. The first-order valence-corrected chi connectivity index (χ1v) is 9.05. The van der Waals surface area contributed by atoms with Crippen molar-refractivity contribution < 1.29 is 9.13 Å². The van der Waals surface area contributed by atoms with Gasteiger partial charge in [-0.05, 0) is 61.3 Å². The average Bonchev–Trinajstić information content (AvgIpc) is 2.50. The number of thioether (sulfide) groups is 1. The quantitative estimate of drug-likeness (QED) is 0.884. The van der Waals surface area contributed by atoms with Crippen molar-refractivity contribution in [3.8, 4) is 0 Å². The first-order chi connectivity index (χ1) is 10.1. The van der Waals surface area contributed by atoms with Crippen LogP contribution >= 0.6 is 23.4 Å². The Morgan fingerprint density at radius 3 is 2.90 bits per heavy atom. The largest absolute Gasteiger partial charge is 0.375 e. The van der Waals surface area contributed by atoms with E-state index in [-0.39, 0.29) is 23.4 Å². The van der Waals surface area contributed by atoms with Crippen molar-refractivity contribution in [2.75, 3.05) is 18.1 Å². The monoisotopic (exact) mass is 329 g/mol. The fraction of sp³-hybridized carbons (Fsp3) is 0.625. The molecule has 1 spiro atoms. The highest BCUT2D eigenvalue weighted by Gasteiger charge is 2.40. The van der Waals surface area contributed by atoms with Gasteiger partial charge in [0.2, 0.25) is 0 Å². The van der Waals surface area contributed by atoms with Crippen LogP contribution in [0.1, 0.15) is 37.3 Å². The Morgan fingerprint density at radius 2 is 2.14 bits per heavy atom. The van der Waals surface area contributed by atoms with Gasteiger partial charge in [0, 0.05) is 23.2 Å². The zero-order valence-electron chi connectivity index (χ0n) is 12.0. The van der Waals surface area contributed by atoms with Gasteiger partial charge in [0.25, 0.3) is 0 Å². The smallest absolute Gasteiger partial charge is 0.128 e. The standard InChI is InChI=1S/C16H21ClFNOS/c17-12-1-2-14(18)13(9-12)15(19)11-3-6-20-16(10-11)4-7-21-8-5-16/h1-2,9,11,15H,3-8,10,19H2. The Kier molecular flexibility index (Phi) is 4.79. The molecule has 0 saturated carbocycles. The molecule has 2 saturated heterocycles. The van der Waals surface area contributed by atoms with Gasteiger partial charge in [-0.3, -0.25) is 0 Å². The Bertz CT molecular complexity index is 502. The highest BCUT2D eigenvalue weighted by Crippen LogP contribution is 2.43. The molecule has 5 heteroatoms. The highest BCUT2D eigenvalue weighted by atomic mass is 35.5. The van der Waals surface area contributed by atoms with Crippen LogP contribution in [0.2, 0.25) is 5.02 Å². The van der Waals surface area contributed by atoms with E-state index in [4.69, 9.17) is 22.1 Å². The maximum atomic E-state index is 14.0. The summed E-state index contributed by atoms with van der Waals surface area (Å²) in [6, 6.07) is 4.33. The molecular weight excluding hydrogens is 309 g/mol. The minimum absolute atomic E-state index is 0.0269. The van der Waals surface area contributed by atoms with Crippen molar-refractivity contribution in [2.24, 2.45) is 11.7 Å². The van der Waals surface area contributed by atoms with Crippen molar-refractivity contribution >= 4 is 23.4 Å². The summed E-state index contributed by atoms with van der Waals surface area (Å²) in [4.78, 5) is 0. The normalized spacial score (nSPS) is 26.7. The fourth-order valence-electron chi connectivity index (χ4n) is 3.49. The molecule has 2 unspecified atom stereocenters. The fourth-order valence-corrected chi connectivity index (χ4v) is 4.91. The van der Waals surface area contributed by atoms with Crippen LogP contribution in [0.5, 0.6) is 0 Å². The summed E-state index contributed by atoms with van der Waals surface area (Å²) in [5.74, 6) is 2.29. The molecule has 21 heavy (non-hydrogen) atoms. The zero-order valence-corrected chi connectivity index (χ0v) is 13.6. The number of benzene rings is 1. The number of halogens is 2. The van der Waals surface area contributed by atoms with Crippen molar-refractivity contribution in [3.05, 3.63) is 34.6 Å². The van der Waals surface area contributed by atoms with Crippen molar-refractivity contribution in [1.82, 2.24) is 0 Å². The summed E-state index contributed by atoms with van der Waals surface area (Å²) < 4.78 is 20.1. The highest BCUT2D eigenvalue weighted by molar-refractivity contribution is 7.99. The van der Waals surface area contributed by atoms with Crippen LogP contribution in [0.25, 0.3) is 0 Å². The van der Waals surface area contributed by atoms with Crippen LogP contribution in [0.4, 0.5) is 4.39 Å². The lowest BCUT2D eigenvalue weighted by atomic mass is 9.77. The van der Waals surface area contributed by atoms with Gasteiger partial charge in [0.1, 0.15) is 5.82 Å². The molecule has 0 amide bonds. The molecule has 0 bridgehead atoms. The lowest BCUT2D eigenvalue weighted by Gasteiger charge is -2.44. The molecule has 1 aromatic carbocycles. The second-order valence-electron chi connectivity index (χ2n) is 6.09. The molecule has 2 N–H and O–H groups in total. The summed E-state index contributed by atoms with van der Waals surface area (Å²) in [6.45, 7) is 0.727. The molecule has 0 radical (unpaired) electrons. The Hall–Kier alpha value is -0.290. The average molecular weight is 330 g/mol. The molecule has 2 fully saturated rings. The van der Waals surface area contributed by atoms with Gasteiger partial charge in [-0.2, -0.15) is 11.8 Å². The molecule has 2 aliphatic heterocycles. The van der Waals surface area contributed by atoms with Gasteiger partial charge in [0.15, 0.2) is 0 Å². The van der Waals surface area contributed by atoms with Crippen LogP contribution in [-0.2, 0) is 4.74 Å². The number of hydrogen-bond donors (Lipinski definition) is 1. The first kappa shape index (κ1) is 15.6. The lowest BCUT2D eigenvalue weighted by molar-refractivity contribution is -0.106. The SMILES string of the molecule is NC(c1cc(Cl)ccc1F)C1CCOC2(CCSCC2)C1. The molecule has 0 aliphatic carbocycles. The molecule has 2 heterocycles. The third kappa shape index (κ3) is 3.39. The van der Waals surface area contributed by atoms with Crippen molar-refractivity contribution in [3.63, 3.8) is 0 Å². The van der Waals surface area contributed by atoms with Crippen LogP contribution in [0, 0.1) is 11.7 Å². The van der Waals surface area contributed by atoms with E-state index < -0.39 is 0 Å². The lowest BCUT2D eigenvalue weighted by Crippen LogP contribution is -2.45. The molecule has 2 aliphatic rings. The predicted molar refractivity (Wildman–Crippen MR) is 86.3 cm³/mol. The molecule has 3 rings (SSSR count). The number of hydrogen-bond acceptors (Lipinski definition) is 3. The van der Waals surface area contributed by atoms with Crippen molar-refractivity contribution in [2.45, 2.75) is 37.3 Å². The molecule has 0 aromatic heterocycles. The van der Waals surface area contributed by atoms with E-state index in [1.165, 1.54) is 6.07 Å². The predicted octanol–water partition coefficient (Wildman–Crippen LogP) is 4.17. The molecule has 2 nitrogen and oxygen atoms in total. The summed E-state index contributed by atoms with van der Waals surface area (Å²) in [6.07, 6.45) is 3.99. The van der Waals surface area contributed by atoms with E-state index in [1.807, 2.05) is 11.8 Å². The minimum Gasteiger partial charge on any atom is -0.375 e. The van der Waals surface area contributed by atoms with E-state index in [9.17, 15) is 4.39 Å². The van der Waals surface area contributed by atoms with Crippen LogP contribution < -0.4 is 5.73 Å². The topological polar surface area (TPSA) is 35.2 Å². The van der Waals surface area contributed by atoms with Crippen LogP contribution in [-0.4, -0.2) is 23.7 Å². The third-order valence-corrected chi connectivity index (χ3v) is 5.98. The van der Waals surface area contributed by atoms with Gasteiger partial charge in [-0.1, -0.05) is 11.6 Å². The van der Waals surface area contributed by atoms with Crippen molar-refractivity contribution in [1.29, 1.82) is 0 Å². The summed E-state index contributed by atoms with van der Waals surface area (Å²) in [5.41, 5.74) is 6.88. The number of nitrogens with two attached hydrogens (primary N) is 1. The number of rotatable bonds is 2. The van der Waals surface area contributed by atoms with Gasteiger partial charge in [-0.15, -0.1) is 0 Å². The zero-order chi connectivity index (χ0) is 14.9. The third-order valence-electron chi connectivity index (χ3n) is 4.76. The molecule has 2 atom stereocenters. The molecular formula is C16H21ClFNOS. The molecule has 116 valence electrons. The minimum atomic E-state index is -0.306. The van der Waals surface area contributed by atoms with E-state index >= 15 is 0 Å². The summed E-state index contributed by atoms with van der Waals surface area (Å²) in [5, 5.41) is 0.540. The Labute approximate surface area is 134 Å². The van der Waals surface area contributed by atoms with Crippen LogP contribution in [0.15, 0.2) is 18.2 Å². The summed E-state index contributed by atoms with van der Waals surface area (Å²) in [7, 11) is 0. The van der Waals surface area contributed by atoms with Gasteiger partial charge in [-0.25, -0.2) is 4.39 Å². The first-order valence-electron chi connectivity index (χ1n) is 7.52. The Morgan fingerprint density at radius 1 is 1.38 bits per heavy atom. The maximum absolute atomic E-state index is 14.0. The van der Waals surface area contributed by atoms with Gasteiger partial charge < -0.3 is 10.5 Å². The Balaban J connectivity index is 1.77.